The van der Waals surface area contributed by atoms with Crippen LogP contribution in [0.4, 0.5) is 0 Å². The van der Waals surface area contributed by atoms with Gasteiger partial charge in [0, 0.05) is 18.6 Å². The zero-order valence-electron chi connectivity index (χ0n) is 13.5. The summed E-state index contributed by atoms with van der Waals surface area (Å²) in [6.07, 6.45) is 8.36. The maximum absolute atomic E-state index is 3.71. The van der Waals surface area contributed by atoms with Gasteiger partial charge >= 0.3 is 0 Å². The minimum atomic E-state index is 0.568. The highest BCUT2D eigenvalue weighted by atomic mass is 15.2. The van der Waals surface area contributed by atoms with Gasteiger partial charge in [0.1, 0.15) is 0 Å². The molecule has 0 aromatic carbocycles. The van der Waals surface area contributed by atoms with E-state index in [2.05, 4.69) is 37.9 Å². The lowest BCUT2D eigenvalue weighted by molar-refractivity contribution is 0.0550. The zero-order chi connectivity index (χ0) is 13.9. The van der Waals surface area contributed by atoms with Gasteiger partial charge in [-0.15, -0.1) is 0 Å². The quantitative estimate of drug-likeness (QED) is 0.835. The maximum atomic E-state index is 3.71. The summed E-state index contributed by atoms with van der Waals surface area (Å²) in [5, 5.41) is 3.71. The van der Waals surface area contributed by atoms with Crippen molar-refractivity contribution < 1.29 is 0 Å². The Bertz CT molecular complexity index is 268. The van der Waals surface area contributed by atoms with Crippen LogP contribution in [-0.2, 0) is 0 Å². The predicted molar refractivity (Wildman–Crippen MR) is 83.5 cm³/mol. The molecule has 1 N–H and O–H groups in total. The van der Waals surface area contributed by atoms with Gasteiger partial charge in [-0.1, -0.05) is 34.1 Å². The second kappa shape index (κ2) is 6.58. The molecule has 3 unspecified atom stereocenters. The van der Waals surface area contributed by atoms with Crippen LogP contribution in [0.25, 0.3) is 0 Å². The van der Waals surface area contributed by atoms with Gasteiger partial charge in [0.15, 0.2) is 0 Å². The van der Waals surface area contributed by atoms with E-state index in [1.165, 1.54) is 58.2 Å². The summed E-state index contributed by atoms with van der Waals surface area (Å²) in [6.45, 7) is 13.4. The standard InChI is InChI=1S/C17H34N2/c1-5-19(13-15-8-6-7-11-18-15)16-9-10-17(3,4)12-14(16)2/h14-16,18H,5-13H2,1-4H3. The lowest BCUT2D eigenvalue weighted by Crippen LogP contribution is -2.51. The third kappa shape index (κ3) is 4.19. The number of rotatable bonds is 4. The van der Waals surface area contributed by atoms with Crippen LogP contribution < -0.4 is 5.32 Å². The molecule has 0 aromatic rings. The predicted octanol–water partition coefficient (Wildman–Crippen LogP) is 3.67. The smallest absolute Gasteiger partial charge is 0.0195 e. The number of hydrogen-bond acceptors (Lipinski definition) is 2. The molecule has 1 aliphatic carbocycles. The van der Waals surface area contributed by atoms with E-state index in [1.54, 1.807) is 0 Å². The highest BCUT2D eigenvalue weighted by molar-refractivity contribution is 4.89. The zero-order valence-corrected chi connectivity index (χ0v) is 13.5. The topological polar surface area (TPSA) is 15.3 Å². The lowest BCUT2D eigenvalue weighted by atomic mass is 9.70. The fourth-order valence-electron chi connectivity index (χ4n) is 4.34. The second-order valence-electron chi connectivity index (χ2n) is 7.69. The fraction of sp³-hybridized carbons (Fsp3) is 1.00. The number of hydrogen-bond donors (Lipinski definition) is 1. The summed E-state index contributed by atoms with van der Waals surface area (Å²) in [5.41, 5.74) is 0.568. The molecule has 2 heteroatoms. The molecule has 3 atom stereocenters. The van der Waals surface area contributed by atoms with Crippen molar-refractivity contribution in [1.29, 1.82) is 0 Å². The third-order valence-corrected chi connectivity index (χ3v) is 5.39. The molecule has 2 fully saturated rings. The maximum Gasteiger partial charge on any atom is 0.0195 e. The Balaban J connectivity index is 1.89. The van der Waals surface area contributed by atoms with Crippen LogP contribution in [0.5, 0.6) is 0 Å². The van der Waals surface area contributed by atoms with Gasteiger partial charge in [-0.25, -0.2) is 0 Å². The molecule has 0 radical (unpaired) electrons. The molecule has 1 aliphatic heterocycles. The Morgan fingerprint density at radius 2 is 2.00 bits per heavy atom. The van der Waals surface area contributed by atoms with Gasteiger partial charge in [0.25, 0.3) is 0 Å². The van der Waals surface area contributed by atoms with Crippen molar-refractivity contribution in [2.75, 3.05) is 19.6 Å². The molecule has 1 saturated heterocycles. The molecule has 0 spiro atoms. The van der Waals surface area contributed by atoms with Crippen LogP contribution in [-0.4, -0.2) is 36.6 Å². The van der Waals surface area contributed by atoms with E-state index in [0.29, 0.717) is 5.41 Å². The summed E-state index contributed by atoms with van der Waals surface area (Å²) in [5.74, 6) is 0.854. The van der Waals surface area contributed by atoms with E-state index in [9.17, 15) is 0 Å². The van der Waals surface area contributed by atoms with Crippen molar-refractivity contribution in [2.24, 2.45) is 11.3 Å². The summed E-state index contributed by atoms with van der Waals surface area (Å²) in [6, 6.07) is 1.57. The summed E-state index contributed by atoms with van der Waals surface area (Å²) in [4.78, 5) is 2.77. The van der Waals surface area contributed by atoms with Crippen molar-refractivity contribution in [3.8, 4) is 0 Å². The molecule has 0 amide bonds. The SMILES string of the molecule is CCN(CC1CCCCN1)C1CCC(C)(C)CC1C. The monoisotopic (exact) mass is 266 g/mol. The molecule has 2 nitrogen and oxygen atoms in total. The largest absolute Gasteiger partial charge is 0.313 e. The van der Waals surface area contributed by atoms with Crippen LogP contribution >= 0.6 is 0 Å². The molecule has 19 heavy (non-hydrogen) atoms. The first-order chi connectivity index (χ1) is 9.02. The number of piperidine rings is 1. The van der Waals surface area contributed by atoms with Crippen LogP contribution in [0.2, 0.25) is 0 Å². The van der Waals surface area contributed by atoms with E-state index in [-0.39, 0.29) is 0 Å². The van der Waals surface area contributed by atoms with E-state index < -0.39 is 0 Å². The Hall–Kier alpha value is -0.0800. The molecule has 0 bridgehead atoms. The van der Waals surface area contributed by atoms with Crippen molar-refractivity contribution in [2.45, 2.75) is 78.3 Å². The summed E-state index contributed by atoms with van der Waals surface area (Å²) in [7, 11) is 0. The normalized spacial score (nSPS) is 35.5. The highest BCUT2D eigenvalue weighted by Crippen LogP contribution is 2.40. The van der Waals surface area contributed by atoms with E-state index >= 15 is 0 Å². The van der Waals surface area contributed by atoms with Gasteiger partial charge in [0.05, 0.1) is 0 Å². The molecule has 112 valence electrons. The average Bonchev–Trinajstić information content (AvgIpc) is 2.37. The average molecular weight is 266 g/mol. The van der Waals surface area contributed by atoms with Crippen molar-refractivity contribution >= 4 is 0 Å². The van der Waals surface area contributed by atoms with Crippen molar-refractivity contribution in [3.63, 3.8) is 0 Å². The molecule has 1 saturated carbocycles. The Morgan fingerprint density at radius 3 is 2.58 bits per heavy atom. The molecule has 0 aromatic heterocycles. The Kier molecular flexibility index (Phi) is 5.30. The minimum absolute atomic E-state index is 0.568. The molecular formula is C17H34N2. The summed E-state index contributed by atoms with van der Waals surface area (Å²) >= 11 is 0. The Morgan fingerprint density at radius 1 is 1.21 bits per heavy atom. The first-order valence-corrected chi connectivity index (χ1v) is 8.49. The van der Waals surface area contributed by atoms with Gasteiger partial charge in [-0.3, -0.25) is 4.90 Å². The third-order valence-electron chi connectivity index (χ3n) is 5.39. The van der Waals surface area contributed by atoms with E-state index in [1.807, 2.05) is 0 Å². The summed E-state index contributed by atoms with van der Waals surface area (Å²) < 4.78 is 0. The Labute approximate surface area is 120 Å². The number of nitrogens with zero attached hydrogens (tertiary/aromatic N) is 1. The van der Waals surface area contributed by atoms with Crippen molar-refractivity contribution in [1.82, 2.24) is 10.2 Å². The lowest BCUT2D eigenvalue weighted by Gasteiger charge is -2.45. The van der Waals surface area contributed by atoms with Crippen LogP contribution in [0.15, 0.2) is 0 Å². The highest BCUT2D eigenvalue weighted by Gasteiger charge is 2.35. The first-order valence-electron chi connectivity index (χ1n) is 8.49. The van der Waals surface area contributed by atoms with E-state index in [4.69, 9.17) is 0 Å². The van der Waals surface area contributed by atoms with Gasteiger partial charge in [-0.2, -0.15) is 0 Å². The molecule has 2 aliphatic rings. The second-order valence-corrected chi connectivity index (χ2v) is 7.69. The number of likely N-dealkylation sites (N-methyl/N-ethyl adjacent to an activating group) is 1. The van der Waals surface area contributed by atoms with Gasteiger partial charge < -0.3 is 5.32 Å². The minimum Gasteiger partial charge on any atom is -0.313 e. The van der Waals surface area contributed by atoms with Crippen LogP contribution in [0.1, 0.15) is 66.2 Å². The van der Waals surface area contributed by atoms with Crippen LogP contribution in [0, 0.1) is 11.3 Å². The molecular weight excluding hydrogens is 232 g/mol. The number of nitrogens with one attached hydrogen (secondary N) is 1. The van der Waals surface area contributed by atoms with Crippen molar-refractivity contribution in [3.05, 3.63) is 0 Å². The van der Waals surface area contributed by atoms with E-state index in [0.717, 1.165) is 18.0 Å². The molecule has 1 heterocycles. The fourth-order valence-corrected chi connectivity index (χ4v) is 4.34. The molecule has 2 rings (SSSR count). The first kappa shape index (κ1) is 15.3. The van der Waals surface area contributed by atoms with Gasteiger partial charge in [0.2, 0.25) is 0 Å². The van der Waals surface area contributed by atoms with Crippen LogP contribution in [0.3, 0.4) is 0 Å². The van der Waals surface area contributed by atoms with Gasteiger partial charge in [-0.05, 0) is 56.5 Å².